The molecular weight excluding hydrogens is 280 g/mol. The van der Waals surface area contributed by atoms with Crippen LogP contribution in [-0.4, -0.2) is 17.0 Å². The largest absolute Gasteiger partial charge is 0.508 e. The van der Waals surface area contributed by atoms with Gasteiger partial charge in [0.2, 0.25) is 6.79 Å². The van der Waals surface area contributed by atoms with Crippen LogP contribution in [0.5, 0.6) is 17.2 Å². The van der Waals surface area contributed by atoms with Crippen molar-refractivity contribution in [3.63, 3.8) is 0 Å². The van der Waals surface area contributed by atoms with Gasteiger partial charge in [-0.25, -0.2) is 0 Å². The Morgan fingerprint density at radius 1 is 1.00 bits per heavy atom. The number of phenols is 1. The standard InChI is InChI=1S/C18H18O4/c19-15-9-17-16(21-10-22-17)8-14(15)13-7-3-5-11-4-1-2-6-12(11)18(13)20/h1-2,4,6,8-9,13,18-20H,3,5,7,10H2. The summed E-state index contributed by atoms with van der Waals surface area (Å²) < 4.78 is 10.7. The minimum absolute atomic E-state index is 0.141. The summed E-state index contributed by atoms with van der Waals surface area (Å²) in [4.78, 5) is 0. The molecule has 0 radical (unpaired) electrons. The Morgan fingerprint density at radius 2 is 1.77 bits per heavy atom. The summed E-state index contributed by atoms with van der Waals surface area (Å²) in [6.45, 7) is 0.175. The van der Waals surface area contributed by atoms with E-state index < -0.39 is 6.10 Å². The third kappa shape index (κ3) is 2.11. The van der Waals surface area contributed by atoms with Crippen LogP contribution in [0.2, 0.25) is 0 Å². The summed E-state index contributed by atoms with van der Waals surface area (Å²) in [6.07, 6.45) is 2.13. The SMILES string of the molecule is Oc1cc2c(cc1C1CCCc3ccccc3C1O)OCO2. The van der Waals surface area contributed by atoms with Crippen molar-refractivity contribution in [1.29, 1.82) is 0 Å². The summed E-state index contributed by atoms with van der Waals surface area (Å²) in [6, 6.07) is 11.4. The van der Waals surface area contributed by atoms with Crippen LogP contribution >= 0.6 is 0 Å². The second kappa shape index (κ2) is 5.21. The van der Waals surface area contributed by atoms with Crippen molar-refractivity contribution in [2.75, 3.05) is 6.79 Å². The van der Waals surface area contributed by atoms with E-state index in [2.05, 4.69) is 6.07 Å². The highest BCUT2D eigenvalue weighted by Crippen LogP contribution is 2.46. The molecule has 1 aliphatic carbocycles. The zero-order valence-corrected chi connectivity index (χ0v) is 12.2. The lowest BCUT2D eigenvalue weighted by Gasteiger charge is -2.23. The van der Waals surface area contributed by atoms with Gasteiger partial charge in [0.25, 0.3) is 0 Å². The summed E-state index contributed by atoms with van der Waals surface area (Å²) in [7, 11) is 0. The lowest BCUT2D eigenvalue weighted by atomic mass is 9.86. The van der Waals surface area contributed by atoms with Crippen molar-refractivity contribution in [1.82, 2.24) is 0 Å². The molecule has 0 aromatic heterocycles. The molecular formula is C18H18O4. The smallest absolute Gasteiger partial charge is 0.231 e. The molecule has 2 unspecified atom stereocenters. The predicted octanol–water partition coefficient (Wildman–Crippen LogP) is 3.27. The van der Waals surface area contributed by atoms with Crippen molar-refractivity contribution in [3.05, 3.63) is 53.1 Å². The predicted molar refractivity (Wildman–Crippen MR) is 81.3 cm³/mol. The van der Waals surface area contributed by atoms with Crippen LogP contribution in [0, 0.1) is 0 Å². The number of aryl methyl sites for hydroxylation is 1. The quantitative estimate of drug-likeness (QED) is 0.793. The van der Waals surface area contributed by atoms with Crippen LogP contribution in [0.4, 0.5) is 0 Å². The molecule has 114 valence electrons. The van der Waals surface area contributed by atoms with E-state index in [4.69, 9.17) is 9.47 Å². The maximum atomic E-state index is 10.8. The van der Waals surface area contributed by atoms with Crippen LogP contribution in [-0.2, 0) is 6.42 Å². The van der Waals surface area contributed by atoms with Gasteiger partial charge in [-0.15, -0.1) is 0 Å². The molecule has 1 heterocycles. The van der Waals surface area contributed by atoms with Gasteiger partial charge >= 0.3 is 0 Å². The number of ether oxygens (including phenoxy) is 2. The Balaban J connectivity index is 1.77. The van der Waals surface area contributed by atoms with Gasteiger partial charge in [-0.3, -0.25) is 0 Å². The van der Waals surface area contributed by atoms with E-state index >= 15 is 0 Å². The van der Waals surface area contributed by atoms with Crippen LogP contribution in [0.15, 0.2) is 36.4 Å². The third-order valence-electron chi connectivity index (χ3n) is 4.64. The van der Waals surface area contributed by atoms with Crippen LogP contribution in [0.3, 0.4) is 0 Å². The van der Waals surface area contributed by atoms with E-state index in [1.54, 1.807) is 12.1 Å². The van der Waals surface area contributed by atoms with Crippen molar-refractivity contribution in [2.24, 2.45) is 0 Å². The number of rotatable bonds is 1. The number of hydrogen-bond acceptors (Lipinski definition) is 4. The number of aliphatic hydroxyl groups excluding tert-OH is 1. The first-order chi connectivity index (χ1) is 10.7. The number of aromatic hydroxyl groups is 1. The van der Waals surface area contributed by atoms with Gasteiger partial charge in [-0.1, -0.05) is 24.3 Å². The first kappa shape index (κ1) is 13.5. The van der Waals surface area contributed by atoms with Crippen LogP contribution < -0.4 is 9.47 Å². The van der Waals surface area contributed by atoms with Gasteiger partial charge in [0.05, 0.1) is 6.10 Å². The number of hydrogen-bond donors (Lipinski definition) is 2. The Kier molecular flexibility index (Phi) is 3.19. The molecule has 2 aliphatic rings. The van der Waals surface area contributed by atoms with Gasteiger partial charge in [0, 0.05) is 17.5 Å². The van der Waals surface area contributed by atoms with Crippen LogP contribution in [0.25, 0.3) is 0 Å². The summed E-state index contributed by atoms with van der Waals surface area (Å²) >= 11 is 0. The molecule has 0 amide bonds. The number of aliphatic hydroxyl groups is 1. The zero-order chi connectivity index (χ0) is 15.1. The molecule has 1 aliphatic heterocycles. The van der Waals surface area contributed by atoms with E-state index in [1.165, 1.54) is 5.56 Å². The van der Waals surface area contributed by atoms with Crippen molar-refractivity contribution >= 4 is 0 Å². The summed E-state index contributed by atoms with van der Waals surface area (Å²) in [5.74, 6) is 1.22. The molecule has 4 nitrogen and oxygen atoms in total. The lowest BCUT2D eigenvalue weighted by Crippen LogP contribution is -2.10. The average molecular weight is 298 g/mol. The summed E-state index contributed by atoms with van der Waals surface area (Å²) in [5, 5.41) is 21.2. The topological polar surface area (TPSA) is 58.9 Å². The van der Waals surface area contributed by atoms with E-state index in [9.17, 15) is 10.2 Å². The molecule has 2 atom stereocenters. The molecule has 4 heteroatoms. The monoisotopic (exact) mass is 298 g/mol. The second-order valence-electron chi connectivity index (χ2n) is 5.91. The normalized spacial score (nSPS) is 23.0. The van der Waals surface area contributed by atoms with E-state index in [0.717, 1.165) is 30.4 Å². The molecule has 0 spiro atoms. The minimum atomic E-state index is -0.620. The molecule has 22 heavy (non-hydrogen) atoms. The van der Waals surface area contributed by atoms with E-state index in [0.29, 0.717) is 11.5 Å². The van der Waals surface area contributed by atoms with Gasteiger partial charge in [0.15, 0.2) is 11.5 Å². The van der Waals surface area contributed by atoms with Crippen molar-refractivity contribution in [2.45, 2.75) is 31.3 Å². The Morgan fingerprint density at radius 3 is 2.64 bits per heavy atom. The maximum absolute atomic E-state index is 10.8. The zero-order valence-electron chi connectivity index (χ0n) is 12.2. The molecule has 2 aromatic carbocycles. The fourth-order valence-electron chi connectivity index (χ4n) is 3.51. The highest BCUT2D eigenvalue weighted by Gasteiger charge is 2.30. The molecule has 0 bridgehead atoms. The fraction of sp³-hybridized carbons (Fsp3) is 0.333. The lowest BCUT2D eigenvalue weighted by molar-refractivity contribution is 0.141. The first-order valence-corrected chi connectivity index (χ1v) is 7.62. The molecule has 0 saturated carbocycles. The molecule has 0 saturated heterocycles. The molecule has 2 aromatic rings. The van der Waals surface area contributed by atoms with Crippen molar-refractivity contribution in [3.8, 4) is 17.2 Å². The fourth-order valence-corrected chi connectivity index (χ4v) is 3.51. The van der Waals surface area contributed by atoms with E-state index in [-0.39, 0.29) is 18.5 Å². The molecule has 0 fully saturated rings. The summed E-state index contributed by atoms with van der Waals surface area (Å²) in [5.41, 5.74) is 2.88. The van der Waals surface area contributed by atoms with Gasteiger partial charge < -0.3 is 19.7 Å². The van der Waals surface area contributed by atoms with Crippen molar-refractivity contribution < 1.29 is 19.7 Å². The third-order valence-corrected chi connectivity index (χ3v) is 4.64. The van der Waals surface area contributed by atoms with Gasteiger partial charge in [0.1, 0.15) is 5.75 Å². The van der Waals surface area contributed by atoms with Gasteiger partial charge in [-0.05, 0) is 36.5 Å². The Bertz CT molecular complexity index is 710. The van der Waals surface area contributed by atoms with E-state index in [1.807, 2.05) is 18.2 Å². The number of benzene rings is 2. The first-order valence-electron chi connectivity index (χ1n) is 7.62. The highest BCUT2D eigenvalue weighted by molar-refractivity contribution is 5.53. The average Bonchev–Trinajstić information content (AvgIpc) is 2.91. The van der Waals surface area contributed by atoms with Crippen LogP contribution in [0.1, 0.15) is 41.6 Å². The van der Waals surface area contributed by atoms with Gasteiger partial charge in [-0.2, -0.15) is 0 Å². The maximum Gasteiger partial charge on any atom is 0.231 e. The molecule has 4 rings (SSSR count). The number of fused-ring (bicyclic) bond motifs is 2. The minimum Gasteiger partial charge on any atom is -0.508 e. The highest BCUT2D eigenvalue weighted by atomic mass is 16.7. The molecule has 2 N–H and O–H groups in total. The number of phenolic OH excluding ortho intramolecular Hbond substituents is 1. The second-order valence-corrected chi connectivity index (χ2v) is 5.91. The Labute approximate surface area is 128 Å². The Hall–Kier alpha value is -2.20.